The third-order valence-electron chi connectivity index (χ3n) is 3.36. The summed E-state index contributed by atoms with van der Waals surface area (Å²) in [4.78, 5) is 12.5. The molecule has 5 heteroatoms. The Kier molecular flexibility index (Phi) is 4.65. The zero-order valence-electron chi connectivity index (χ0n) is 12.9. The number of ketones is 1. The Labute approximate surface area is 128 Å². The van der Waals surface area contributed by atoms with E-state index in [0.29, 0.717) is 28.4 Å². The van der Waals surface area contributed by atoms with Crippen LogP contribution in [0.15, 0.2) is 30.3 Å². The van der Waals surface area contributed by atoms with Crippen molar-refractivity contribution in [2.24, 2.45) is 0 Å². The monoisotopic (exact) mass is 304 g/mol. The van der Waals surface area contributed by atoms with Crippen molar-refractivity contribution in [3.63, 3.8) is 0 Å². The second-order valence-electron chi connectivity index (χ2n) is 4.71. The molecule has 0 unspecified atom stereocenters. The van der Waals surface area contributed by atoms with E-state index in [2.05, 4.69) is 0 Å². The van der Waals surface area contributed by atoms with Gasteiger partial charge in [0.15, 0.2) is 17.3 Å². The highest BCUT2D eigenvalue weighted by Crippen LogP contribution is 2.38. The third-order valence-corrected chi connectivity index (χ3v) is 3.36. The van der Waals surface area contributed by atoms with Gasteiger partial charge in [-0.25, -0.2) is 4.39 Å². The van der Waals surface area contributed by atoms with E-state index in [0.717, 1.165) is 0 Å². The summed E-state index contributed by atoms with van der Waals surface area (Å²) in [7, 11) is 4.42. The highest BCUT2D eigenvalue weighted by Gasteiger charge is 2.18. The molecule has 0 aromatic heterocycles. The van der Waals surface area contributed by atoms with Crippen LogP contribution in [0.4, 0.5) is 4.39 Å². The van der Waals surface area contributed by atoms with Crippen LogP contribution in [-0.2, 0) is 0 Å². The Balaban J connectivity index is 2.51. The van der Waals surface area contributed by atoms with E-state index in [9.17, 15) is 9.18 Å². The van der Waals surface area contributed by atoms with Crippen molar-refractivity contribution < 1.29 is 23.4 Å². The maximum Gasteiger partial charge on any atom is 0.203 e. The number of hydrogen-bond donors (Lipinski definition) is 0. The van der Waals surface area contributed by atoms with Crippen LogP contribution in [0.5, 0.6) is 17.2 Å². The lowest BCUT2D eigenvalue weighted by Gasteiger charge is -2.13. The predicted molar refractivity (Wildman–Crippen MR) is 80.7 cm³/mol. The number of methoxy groups -OCH3 is 3. The topological polar surface area (TPSA) is 44.8 Å². The molecule has 0 saturated carbocycles. The average Bonchev–Trinajstić information content (AvgIpc) is 2.55. The Morgan fingerprint density at radius 3 is 1.95 bits per heavy atom. The fourth-order valence-electron chi connectivity index (χ4n) is 2.11. The molecule has 2 rings (SSSR count). The third kappa shape index (κ3) is 2.88. The molecule has 22 heavy (non-hydrogen) atoms. The van der Waals surface area contributed by atoms with Gasteiger partial charge in [-0.15, -0.1) is 0 Å². The number of halogens is 1. The summed E-state index contributed by atoms with van der Waals surface area (Å²) >= 11 is 0. The van der Waals surface area contributed by atoms with Gasteiger partial charge in [0.05, 0.1) is 21.3 Å². The van der Waals surface area contributed by atoms with Gasteiger partial charge >= 0.3 is 0 Å². The molecule has 4 nitrogen and oxygen atoms in total. The summed E-state index contributed by atoms with van der Waals surface area (Å²) in [5, 5.41) is 0. The van der Waals surface area contributed by atoms with Crippen LogP contribution in [0.1, 0.15) is 21.5 Å². The SMILES string of the molecule is COc1cc(C(=O)c2ccc(C)c(F)c2)cc(OC)c1OC. The molecule has 0 bridgehead atoms. The maximum atomic E-state index is 13.6. The minimum Gasteiger partial charge on any atom is -0.493 e. The Bertz CT molecular complexity index is 685. The molecule has 0 aliphatic carbocycles. The highest BCUT2D eigenvalue weighted by molar-refractivity contribution is 6.09. The van der Waals surface area contributed by atoms with E-state index in [4.69, 9.17) is 14.2 Å². The largest absolute Gasteiger partial charge is 0.493 e. The van der Waals surface area contributed by atoms with Crippen molar-refractivity contribution in [2.75, 3.05) is 21.3 Å². The zero-order chi connectivity index (χ0) is 16.3. The van der Waals surface area contributed by atoms with Crippen LogP contribution >= 0.6 is 0 Å². The minimum absolute atomic E-state index is 0.261. The minimum atomic E-state index is -0.418. The smallest absolute Gasteiger partial charge is 0.203 e. The van der Waals surface area contributed by atoms with Crippen molar-refractivity contribution in [3.8, 4) is 17.2 Å². The molecule has 0 N–H and O–H groups in total. The van der Waals surface area contributed by atoms with Gasteiger partial charge in [-0.1, -0.05) is 12.1 Å². The molecular formula is C17H17FO4. The second kappa shape index (κ2) is 6.47. The van der Waals surface area contributed by atoms with E-state index in [1.54, 1.807) is 31.2 Å². The molecule has 2 aromatic carbocycles. The van der Waals surface area contributed by atoms with Crippen molar-refractivity contribution in [1.82, 2.24) is 0 Å². The Morgan fingerprint density at radius 1 is 0.909 bits per heavy atom. The number of carbonyl (C=O) groups is 1. The van der Waals surface area contributed by atoms with Crippen molar-refractivity contribution in [3.05, 3.63) is 52.8 Å². The summed E-state index contributed by atoms with van der Waals surface area (Å²) in [5.74, 6) is 0.406. The first-order valence-electron chi connectivity index (χ1n) is 6.62. The van der Waals surface area contributed by atoms with Gasteiger partial charge in [0, 0.05) is 11.1 Å². The summed E-state index contributed by atoms with van der Waals surface area (Å²) < 4.78 is 29.3. The van der Waals surface area contributed by atoms with Crippen LogP contribution in [-0.4, -0.2) is 27.1 Å². The van der Waals surface area contributed by atoms with Gasteiger partial charge in [-0.3, -0.25) is 4.79 Å². The lowest BCUT2D eigenvalue weighted by molar-refractivity contribution is 0.103. The van der Waals surface area contributed by atoms with Crippen LogP contribution < -0.4 is 14.2 Å². The molecule has 116 valence electrons. The molecule has 2 aromatic rings. The van der Waals surface area contributed by atoms with Gasteiger partial charge in [-0.05, 0) is 30.7 Å². The zero-order valence-corrected chi connectivity index (χ0v) is 12.9. The molecule has 0 spiro atoms. The number of carbonyl (C=O) groups excluding carboxylic acids is 1. The lowest BCUT2D eigenvalue weighted by atomic mass is 10.0. The number of ether oxygens (including phenoxy) is 3. The van der Waals surface area contributed by atoms with Gasteiger partial charge in [0.2, 0.25) is 5.75 Å². The lowest BCUT2D eigenvalue weighted by Crippen LogP contribution is -2.05. The number of rotatable bonds is 5. The van der Waals surface area contributed by atoms with Gasteiger partial charge in [-0.2, -0.15) is 0 Å². The second-order valence-corrected chi connectivity index (χ2v) is 4.71. The van der Waals surface area contributed by atoms with Gasteiger partial charge < -0.3 is 14.2 Å². The van der Waals surface area contributed by atoms with Crippen LogP contribution in [0.2, 0.25) is 0 Å². The van der Waals surface area contributed by atoms with E-state index < -0.39 is 5.82 Å². The molecule has 0 aliphatic rings. The maximum absolute atomic E-state index is 13.6. The van der Waals surface area contributed by atoms with E-state index in [-0.39, 0.29) is 11.3 Å². The number of benzene rings is 2. The Hall–Kier alpha value is -2.56. The van der Waals surface area contributed by atoms with Gasteiger partial charge in [0.1, 0.15) is 5.82 Å². The molecule has 0 fully saturated rings. The van der Waals surface area contributed by atoms with E-state index >= 15 is 0 Å². The van der Waals surface area contributed by atoms with Crippen LogP contribution in [0.3, 0.4) is 0 Å². The number of hydrogen-bond acceptors (Lipinski definition) is 4. The fourth-order valence-corrected chi connectivity index (χ4v) is 2.11. The van der Waals surface area contributed by atoms with Crippen LogP contribution in [0, 0.1) is 12.7 Å². The molecular weight excluding hydrogens is 287 g/mol. The summed E-state index contributed by atoms with van der Waals surface area (Å²) in [6.45, 7) is 1.64. The molecule has 0 radical (unpaired) electrons. The van der Waals surface area contributed by atoms with Crippen molar-refractivity contribution in [1.29, 1.82) is 0 Å². The number of aryl methyl sites for hydroxylation is 1. The van der Waals surface area contributed by atoms with E-state index in [1.165, 1.54) is 27.4 Å². The molecule has 0 saturated heterocycles. The predicted octanol–water partition coefficient (Wildman–Crippen LogP) is 3.39. The molecule has 0 heterocycles. The quantitative estimate of drug-likeness (QED) is 0.794. The fraction of sp³-hybridized carbons (Fsp3) is 0.235. The first-order valence-corrected chi connectivity index (χ1v) is 6.62. The summed E-state index contributed by atoms with van der Waals surface area (Å²) in [6, 6.07) is 7.47. The molecule has 0 atom stereocenters. The first-order chi connectivity index (χ1) is 10.5. The standard InChI is InChI=1S/C17H17FO4/c1-10-5-6-11(7-13(10)18)16(19)12-8-14(20-2)17(22-4)15(9-12)21-3/h5-9H,1-4H3. The molecule has 0 aliphatic heterocycles. The molecule has 0 amide bonds. The van der Waals surface area contributed by atoms with Gasteiger partial charge in [0.25, 0.3) is 0 Å². The Morgan fingerprint density at radius 2 is 1.50 bits per heavy atom. The first kappa shape index (κ1) is 15.8. The van der Waals surface area contributed by atoms with Crippen molar-refractivity contribution in [2.45, 2.75) is 6.92 Å². The normalized spacial score (nSPS) is 10.2. The van der Waals surface area contributed by atoms with Crippen molar-refractivity contribution >= 4 is 5.78 Å². The highest BCUT2D eigenvalue weighted by atomic mass is 19.1. The van der Waals surface area contributed by atoms with E-state index in [1.807, 2.05) is 0 Å². The van der Waals surface area contributed by atoms with Crippen LogP contribution in [0.25, 0.3) is 0 Å². The average molecular weight is 304 g/mol. The summed E-state index contributed by atoms with van der Waals surface area (Å²) in [6.07, 6.45) is 0. The summed E-state index contributed by atoms with van der Waals surface area (Å²) in [5.41, 5.74) is 1.08.